The summed E-state index contributed by atoms with van der Waals surface area (Å²) in [5, 5.41) is 46.9. The molecule has 2 heterocycles. The zero-order chi connectivity index (χ0) is 40.1. The Morgan fingerprint density at radius 1 is 0.926 bits per heavy atom. The maximum atomic E-state index is 13.3. The number of aliphatic hydroxyl groups excluding tert-OH is 1. The molecule has 2 aromatic rings. The summed E-state index contributed by atoms with van der Waals surface area (Å²) in [5.74, 6) is -5.18. The van der Waals surface area contributed by atoms with Gasteiger partial charge in [-0.1, -0.05) is 47.5 Å². The Bertz CT molecular complexity index is 1620. The van der Waals surface area contributed by atoms with Gasteiger partial charge in [0.2, 0.25) is 11.8 Å². The van der Waals surface area contributed by atoms with Crippen molar-refractivity contribution in [3.8, 4) is 0 Å². The molecule has 0 spiro atoms. The molecule has 2 fully saturated rings. The number of hydrogen-bond donors (Lipinski definition) is 6. The van der Waals surface area contributed by atoms with Crippen LogP contribution in [0.1, 0.15) is 73.2 Å². The number of carbonyl (C=O) groups excluding carboxylic acids is 3. The number of piperidine rings is 2. The Morgan fingerprint density at radius 2 is 1.56 bits per heavy atom. The van der Waals surface area contributed by atoms with E-state index in [1.54, 1.807) is 15.9 Å². The molecule has 2 aliphatic rings. The van der Waals surface area contributed by atoms with Crippen LogP contribution in [0.4, 0.5) is 0 Å². The van der Waals surface area contributed by atoms with Crippen LogP contribution in [0.25, 0.3) is 0 Å². The highest BCUT2D eigenvalue weighted by atomic mass is 35.5. The number of likely N-dealkylation sites (N-methyl/N-ethyl adjacent to an activating group) is 1. The number of carbonyl (C=O) groups is 6. The average molecular weight is 796 g/mol. The lowest BCUT2D eigenvalue weighted by molar-refractivity contribution is -0.170. The smallest absolute Gasteiger partial charge is 0.336 e. The highest BCUT2D eigenvalue weighted by molar-refractivity contribution is 6.42. The van der Waals surface area contributed by atoms with E-state index in [2.05, 4.69) is 10.2 Å². The Balaban J connectivity index is 0.000000515. The third-order valence-corrected chi connectivity index (χ3v) is 10.4. The lowest BCUT2D eigenvalue weighted by atomic mass is 9.82. The fourth-order valence-corrected chi connectivity index (χ4v) is 7.06. The van der Waals surface area contributed by atoms with Gasteiger partial charge in [0, 0.05) is 57.7 Å². The minimum Gasteiger partial charge on any atom is -0.481 e. The summed E-state index contributed by atoms with van der Waals surface area (Å²) in [7, 11) is 1.82. The average Bonchev–Trinajstić information content (AvgIpc) is 3.13. The molecule has 3 amide bonds. The van der Waals surface area contributed by atoms with E-state index in [1.807, 2.05) is 49.5 Å². The first-order valence-electron chi connectivity index (χ1n) is 17.6. The largest absolute Gasteiger partial charge is 0.481 e. The van der Waals surface area contributed by atoms with E-state index in [4.69, 9.17) is 43.6 Å². The van der Waals surface area contributed by atoms with Crippen LogP contribution in [-0.2, 0) is 24.0 Å². The summed E-state index contributed by atoms with van der Waals surface area (Å²) in [4.78, 5) is 75.7. The lowest BCUT2D eigenvalue weighted by Gasteiger charge is -2.49. The molecule has 2 aliphatic heterocycles. The summed E-state index contributed by atoms with van der Waals surface area (Å²) in [5.41, 5.74) is -1.96. The van der Waals surface area contributed by atoms with Crippen LogP contribution in [0.15, 0.2) is 48.5 Å². The van der Waals surface area contributed by atoms with Crippen LogP contribution >= 0.6 is 23.2 Å². The molecule has 4 rings (SSSR count). The van der Waals surface area contributed by atoms with E-state index in [-0.39, 0.29) is 36.8 Å². The number of carboxylic acid groups (broad SMARTS) is 3. The van der Waals surface area contributed by atoms with Gasteiger partial charge in [0.05, 0.1) is 29.5 Å². The number of hydrogen-bond acceptors (Lipinski definition) is 9. The van der Waals surface area contributed by atoms with Crippen LogP contribution in [-0.4, -0.2) is 140 Å². The molecular formula is C37H48Cl2N4O11. The molecule has 0 bridgehead atoms. The van der Waals surface area contributed by atoms with Gasteiger partial charge in [-0.2, -0.15) is 0 Å². The number of halogens is 2. The molecule has 2 aromatic carbocycles. The Hall–Kier alpha value is -4.28. The molecule has 6 N–H and O–H groups in total. The van der Waals surface area contributed by atoms with Crippen molar-refractivity contribution >= 4 is 58.8 Å². The summed E-state index contributed by atoms with van der Waals surface area (Å²) < 4.78 is 0. The van der Waals surface area contributed by atoms with Crippen molar-refractivity contribution in [3.63, 3.8) is 0 Å². The Labute approximate surface area is 323 Å². The van der Waals surface area contributed by atoms with Crippen LogP contribution < -0.4 is 5.32 Å². The van der Waals surface area contributed by atoms with Crippen molar-refractivity contribution in [3.05, 3.63) is 69.7 Å². The molecule has 54 heavy (non-hydrogen) atoms. The monoisotopic (exact) mass is 794 g/mol. The summed E-state index contributed by atoms with van der Waals surface area (Å²) in [6, 6.07) is 14.9. The van der Waals surface area contributed by atoms with E-state index in [1.165, 1.54) is 0 Å². The molecule has 0 aromatic heterocycles. The number of rotatable bonds is 16. The van der Waals surface area contributed by atoms with Crippen molar-refractivity contribution in [2.45, 2.75) is 68.4 Å². The number of likely N-dealkylation sites (tertiary alicyclic amines) is 2. The number of carboxylic acids is 3. The maximum Gasteiger partial charge on any atom is 0.336 e. The lowest BCUT2D eigenvalue weighted by Crippen LogP contribution is -2.65. The molecule has 0 unspecified atom stereocenters. The number of aliphatic hydroxyl groups is 2. The zero-order valence-electron chi connectivity index (χ0n) is 30.1. The van der Waals surface area contributed by atoms with Gasteiger partial charge < -0.3 is 45.5 Å². The topological polar surface area (TPSA) is 225 Å². The van der Waals surface area contributed by atoms with E-state index >= 15 is 0 Å². The zero-order valence-corrected chi connectivity index (χ0v) is 31.6. The van der Waals surface area contributed by atoms with E-state index < -0.39 is 41.9 Å². The number of benzene rings is 2. The van der Waals surface area contributed by atoms with E-state index in [0.29, 0.717) is 61.1 Å². The first-order valence-corrected chi connectivity index (χ1v) is 18.4. The second-order valence-electron chi connectivity index (χ2n) is 13.5. The van der Waals surface area contributed by atoms with E-state index in [9.17, 15) is 33.9 Å². The van der Waals surface area contributed by atoms with Gasteiger partial charge in [-0.25, -0.2) is 4.79 Å². The van der Waals surface area contributed by atoms with Crippen molar-refractivity contribution < 1.29 is 54.3 Å². The minimum absolute atomic E-state index is 0.0191. The maximum absolute atomic E-state index is 13.3. The van der Waals surface area contributed by atoms with Gasteiger partial charge in [-0.05, 0) is 68.5 Å². The molecule has 17 heteroatoms. The highest BCUT2D eigenvalue weighted by Crippen LogP contribution is 2.34. The van der Waals surface area contributed by atoms with Crippen molar-refractivity contribution in [2.75, 3.05) is 52.9 Å². The third kappa shape index (κ3) is 12.1. The van der Waals surface area contributed by atoms with Crippen LogP contribution in [0.5, 0.6) is 0 Å². The predicted octanol–water partition coefficient (Wildman–Crippen LogP) is 2.95. The minimum atomic E-state index is -2.74. The number of nitrogens with zero attached hydrogens (tertiary/aromatic N) is 3. The van der Waals surface area contributed by atoms with Gasteiger partial charge in [0.1, 0.15) is 5.54 Å². The molecule has 296 valence electrons. The SMILES string of the molecule is CN(C[C@@H](CCN1CCC(C(=O)NCCO)(N2CCCCC2=O)CC1)c1ccc(Cl)c(Cl)c1)C(=O)c1ccccc1.O=C(O)CC(O)(CC(=O)O)C(=O)O. The molecule has 0 aliphatic carbocycles. The highest BCUT2D eigenvalue weighted by Gasteiger charge is 2.48. The van der Waals surface area contributed by atoms with E-state index in [0.717, 1.165) is 31.4 Å². The fraction of sp³-hybridized carbons (Fsp3) is 0.514. The van der Waals surface area contributed by atoms with Gasteiger partial charge >= 0.3 is 17.9 Å². The Kier molecular flexibility index (Phi) is 16.7. The van der Waals surface area contributed by atoms with Crippen molar-refractivity contribution in [2.24, 2.45) is 0 Å². The van der Waals surface area contributed by atoms with Crippen molar-refractivity contribution in [1.29, 1.82) is 0 Å². The Morgan fingerprint density at radius 3 is 2.09 bits per heavy atom. The number of aliphatic carboxylic acids is 3. The third-order valence-electron chi connectivity index (χ3n) is 9.70. The summed E-state index contributed by atoms with van der Waals surface area (Å²) in [6.45, 7) is 3.24. The van der Waals surface area contributed by atoms with Crippen LogP contribution in [0.2, 0.25) is 10.0 Å². The van der Waals surface area contributed by atoms with Gasteiger partial charge in [-0.15, -0.1) is 0 Å². The van der Waals surface area contributed by atoms with Crippen LogP contribution in [0, 0.1) is 0 Å². The van der Waals surface area contributed by atoms with Gasteiger partial charge in [-0.3, -0.25) is 24.0 Å². The molecular weight excluding hydrogens is 747 g/mol. The summed E-state index contributed by atoms with van der Waals surface area (Å²) in [6.07, 6.45) is 1.79. The molecule has 15 nitrogen and oxygen atoms in total. The van der Waals surface area contributed by atoms with Gasteiger partial charge in [0.25, 0.3) is 5.91 Å². The molecule has 0 saturated carbocycles. The molecule has 2 saturated heterocycles. The first-order chi connectivity index (χ1) is 25.5. The fourth-order valence-electron chi connectivity index (χ4n) is 6.76. The molecule has 0 radical (unpaired) electrons. The number of amides is 3. The second-order valence-corrected chi connectivity index (χ2v) is 14.4. The number of nitrogens with one attached hydrogen (secondary N) is 1. The van der Waals surface area contributed by atoms with Crippen molar-refractivity contribution in [1.82, 2.24) is 20.0 Å². The van der Waals surface area contributed by atoms with Crippen LogP contribution in [0.3, 0.4) is 0 Å². The molecule has 1 atom stereocenters. The normalized spacial score (nSPS) is 16.4. The first kappa shape index (κ1) is 44.1. The second kappa shape index (κ2) is 20.4. The summed E-state index contributed by atoms with van der Waals surface area (Å²) >= 11 is 12.6. The predicted molar refractivity (Wildman–Crippen MR) is 198 cm³/mol. The quantitative estimate of drug-likeness (QED) is 0.144. The van der Waals surface area contributed by atoms with Gasteiger partial charge in [0.15, 0.2) is 5.60 Å². The standard InChI is InChI=1S/C31H40Cl2N4O4.C6H8O7/c1-35(29(40)23-7-3-2-4-8-23)22-25(24-10-11-26(32)27(33)21-24)12-17-36-18-13-31(14-19-36,30(41)34-15-20-38)37-16-6-5-9-28(37)39;7-3(8)1-6(13,5(11)12)2-4(9)10/h2-4,7-8,10-11,21,25,38H,5-6,9,12-20,22H2,1H3,(H,34,41);13H,1-2H2,(H,7,8)(H,9,10)(H,11,12)/t25-;/m1./s1.